The molecule has 0 heterocycles. The number of benzene rings is 2. The van der Waals surface area contributed by atoms with Crippen molar-refractivity contribution in [2.24, 2.45) is 5.92 Å². The summed E-state index contributed by atoms with van der Waals surface area (Å²) in [6, 6.07) is 18.5. The minimum Gasteiger partial charge on any atom is -0.315 e. The van der Waals surface area contributed by atoms with Crippen molar-refractivity contribution in [3.8, 4) is 11.1 Å². The Balaban J connectivity index is 1.76. The van der Waals surface area contributed by atoms with Crippen LogP contribution in [0.1, 0.15) is 25.7 Å². The molecule has 0 unspecified atom stereocenters. The number of hydrogen-bond acceptors (Lipinski definition) is 1. The molecule has 108 valence electrons. The number of rotatable bonds is 3. The van der Waals surface area contributed by atoms with Crippen molar-refractivity contribution in [2.75, 3.05) is 11.9 Å². The zero-order valence-corrected chi connectivity index (χ0v) is 12.5. The highest BCUT2D eigenvalue weighted by atomic mass is 16.2. The molecule has 1 saturated carbocycles. The summed E-state index contributed by atoms with van der Waals surface area (Å²) < 4.78 is 0. The normalized spacial score (nSPS) is 15.1. The maximum atomic E-state index is 12.4. The first-order valence-electron chi connectivity index (χ1n) is 7.69. The molecule has 2 aromatic rings. The number of nitrogens with zero attached hydrogens (tertiary/aromatic N) is 1. The third-order valence-corrected chi connectivity index (χ3v) is 4.40. The largest absolute Gasteiger partial charge is 0.315 e. The summed E-state index contributed by atoms with van der Waals surface area (Å²) in [5.74, 6) is 0.490. The van der Waals surface area contributed by atoms with E-state index in [2.05, 4.69) is 24.3 Å². The molecule has 0 atom stereocenters. The van der Waals surface area contributed by atoms with E-state index in [9.17, 15) is 4.79 Å². The molecule has 0 spiro atoms. The van der Waals surface area contributed by atoms with Crippen LogP contribution in [0.15, 0.2) is 54.6 Å². The van der Waals surface area contributed by atoms with Crippen molar-refractivity contribution < 1.29 is 4.79 Å². The van der Waals surface area contributed by atoms with Gasteiger partial charge in [-0.1, -0.05) is 55.3 Å². The van der Waals surface area contributed by atoms with Crippen molar-refractivity contribution in [3.05, 3.63) is 54.6 Å². The highest BCUT2D eigenvalue weighted by molar-refractivity contribution is 5.94. The lowest BCUT2D eigenvalue weighted by molar-refractivity contribution is -0.121. The predicted molar refractivity (Wildman–Crippen MR) is 87.2 cm³/mol. The van der Waals surface area contributed by atoms with Gasteiger partial charge in [0.25, 0.3) is 0 Å². The molecule has 0 aliphatic heterocycles. The van der Waals surface area contributed by atoms with Gasteiger partial charge in [-0.15, -0.1) is 0 Å². The van der Waals surface area contributed by atoms with Crippen molar-refractivity contribution in [3.63, 3.8) is 0 Å². The molecule has 0 bridgehead atoms. The number of carbonyl (C=O) groups is 1. The van der Waals surface area contributed by atoms with Crippen molar-refractivity contribution in [2.45, 2.75) is 25.7 Å². The fraction of sp³-hybridized carbons (Fsp3) is 0.316. The summed E-state index contributed by atoms with van der Waals surface area (Å²) in [6.45, 7) is 0. The highest BCUT2D eigenvalue weighted by Gasteiger charge is 2.25. The smallest absolute Gasteiger partial charge is 0.229 e. The van der Waals surface area contributed by atoms with E-state index in [1.165, 1.54) is 24.0 Å². The summed E-state index contributed by atoms with van der Waals surface area (Å²) in [5, 5.41) is 0. The van der Waals surface area contributed by atoms with Crippen LogP contribution in [0.5, 0.6) is 0 Å². The molecule has 1 aliphatic carbocycles. The first kappa shape index (κ1) is 13.9. The van der Waals surface area contributed by atoms with Crippen molar-refractivity contribution in [1.82, 2.24) is 0 Å². The van der Waals surface area contributed by atoms with Crippen LogP contribution in [0.2, 0.25) is 0 Å². The second kappa shape index (κ2) is 6.13. The third-order valence-electron chi connectivity index (χ3n) is 4.40. The summed E-state index contributed by atoms with van der Waals surface area (Å²) in [7, 11) is 1.89. The lowest BCUT2D eigenvalue weighted by Gasteiger charge is -2.21. The molecule has 0 aromatic heterocycles. The van der Waals surface area contributed by atoms with Gasteiger partial charge in [0.05, 0.1) is 0 Å². The van der Waals surface area contributed by atoms with E-state index in [0.717, 1.165) is 18.5 Å². The SMILES string of the molecule is CN(C(=O)C1CCCC1)c1ccc(-c2ccccc2)cc1. The van der Waals surface area contributed by atoms with Crippen LogP contribution in [0.4, 0.5) is 5.69 Å². The van der Waals surface area contributed by atoms with Crippen LogP contribution in [0.3, 0.4) is 0 Å². The topological polar surface area (TPSA) is 20.3 Å². The van der Waals surface area contributed by atoms with E-state index in [1.807, 2.05) is 42.3 Å². The molecular formula is C19H21NO. The van der Waals surface area contributed by atoms with Crippen LogP contribution < -0.4 is 4.90 Å². The van der Waals surface area contributed by atoms with Gasteiger partial charge in [-0.05, 0) is 36.1 Å². The fourth-order valence-corrected chi connectivity index (χ4v) is 3.08. The Morgan fingerprint density at radius 1 is 0.905 bits per heavy atom. The van der Waals surface area contributed by atoms with Crippen LogP contribution in [-0.2, 0) is 4.79 Å². The second-order valence-electron chi connectivity index (χ2n) is 5.79. The molecule has 0 radical (unpaired) electrons. The zero-order valence-electron chi connectivity index (χ0n) is 12.5. The van der Waals surface area contributed by atoms with Gasteiger partial charge in [0.2, 0.25) is 5.91 Å². The molecule has 2 nitrogen and oxygen atoms in total. The lowest BCUT2D eigenvalue weighted by Crippen LogP contribution is -2.31. The van der Waals surface area contributed by atoms with Crippen molar-refractivity contribution in [1.29, 1.82) is 0 Å². The first-order valence-corrected chi connectivity index (χ1v) is 7.69. The van der Waals surface area contributed by atoms with Crippen LogP contribution in [0, 0.1) is 5.92 Å². The monoisotopic (exact) mass is 279 g/mol. The summed E-state index contributed by atoms with van der Waals surface area (Å²) in [6.07, 6.45) is 4.48. The number of amides is 1. The fourth-order valence-electron chi connectivity index (χ4n) is 3.08. The molecule has 1 amide bonds. The standard InChI is InChI=1S/C19H21NO/c1-20(19(21)17-9-5-6-10-17)18-13-11-16(12-14-18)15-7-3-2-4-8-15/h2-4,7-8,11-14,17H,5-6,9-10H2,1H3. The number of carbonyl (C=O) groups excluding carboxylic acids is 1. The molecule has 1 fully saturated rings. The zero-order chi connectivity index (χ0) is 14.7. The van der Waals surface area contributed by atoms with Crippen LogP contribution in [0.25, 0.3) is 11.1 Å². The molecule has 0 saturated heterocycles. The summed E-state index contributed by atoms with van der Waals surface area (Å²) in [5.41, 5.74) is 3.36. The molecule has 1 aliphatic rings. The van der Waals surface area contributed by atoms with Gasteiger partial charge in [0, 0.05) is 18.7 Å². The number of hydrogen-bond donors (Lipinski definition) is 0. The Morgan fingerprint density at radius 3 is 2.10 bits per heavy atom. The van der Waals surface area contributed by atoms with Crippen LogP contribution in [-0.4, -0.2) is 13.0 Å². The second-order valence-corrected chi connectivity index (χ2v) is 5.79. The van der Waals surface area contributed by atoms with Crippen molar-refractivity contribution >= 4 is 11.6 Å². The van der Waals surface area contributed by atoms with Gasteiger partial charge in [0.1, 0.15) is 0 Å². The maximum Gasteiger partial charge on any atom is 0.229 e. The molecule has 2 aromatic carbocycles. The van der Waals surface area contributed by atoms with Crippen LogP contribution >= 0.6 is 0 Å². The molecule has 21 heavy (non-hydrogen) atoms. The van der Waals surface area contributed by atoms with E-state index in [1.54, 1.807) is 0 Å². The Bertz CT molecular complexity index is 597. The minimum atomic E-state index is 0.226. The van der Waals surface area contributed by atoms with E-state index >= 15 is 0 Å². The van der Waals surface area contributed by atoms with E-state index in [4.69, 9.17) is 0 Å². The molecular weight excluding hydrogens is 258 g/mol. The number of anilines is 1. The van der Waals surface area contributed by atoms with Gasteiger partial charge in [-0.25, -0.2) is 0 Å². The molecule has 3 rings (SSSR count). The first-order chi connectivity index (χ1) is 10.3. The van der Waals surface area contributed by atoms with Gasteiger partial charge in [-0.3, -0.25) is 4.79 Å². The van der Waals surface area contributed by atoms with Gasteiger partial charge in [0.15, 0.2) is 0 Å². The average Bonchev–Trinajstić information content (AvgIpc) is 3.09. The van der Waals surface area contributed by atoms with E-state index in [0.29, 0.717) is 0 Å². The Labute approximate surface area is 126 Å². The Hall–Kier alpha value is -2.09. The lowest BCUT2D eigenvalue weighted by atomic mass is 10.0. The summed E-state index contributed by atoms with van der Waals surface area (Å²) >= 11 is 0. The average molecular weight is 279 g/mol. The highest BCUT2D eigenvalue weighted by Crippen LogP contribution is 2.29. The maximum absolute atomic E-state index is 12.4. The third kappa shape index (κ3) is 2.99. The van der Waals surface area contributed by atoms with E-state index in [-0.39, 0.29) is 11.8 Å². The molecule has 2 heteroatoms. The van der Waals surface area contributed by atoms with Gasteiger partial charge >= 0.3 is 0 Å². The predicted octanol–water partition coefficient (Wildman–Crippen LogP) is 4.51. The quantitative estimate of drug-likeness (QED) is 0.809. The molecule has 0 N–H and O–H groups in total. The van der Waals surface area contributed by atoms with Gasteiger partial charge in [-0.2, -0.15) is 0 Å². The van der Waals surface area contributed by atoms with Gasteiger partial charge < -0.3 is 4.90 Å². The Morgan fingerprint density at radius 2 is 1.48 bits per heavy atom. The Kier molecular flexibility index (Phi) is 4.05. The summed E-state index contributed by atoms with van der Waals surface area (Å²) in [4.78, 5) is 14.2. The van der Waals surface area contributed by atoms with E-state index < -0.39 is 0 Å². The minimum absolute atomic E-state index is 0.226.